The van der Waals surface area contributed by atoms with Crippen molar-refractivity contribution in [3.8, 4) is 22.6 Å². The minimum Gasteiger partial charge on any atom is -0.496 e. The van der Waals surface area contributed by atoms with Crippen molar-refractivity contribution in [1.29, 1.82) is 0 Å². The van der Waals surface area contributed by atoms with Crippen LogP contribution in [0.4, 0.5) is 0 Å². The van der Waals surface area contributed by atoms with Gasteiger partial charge in [0, 0.05) is 22.5 Å². The molecule has 27 heavy (non-hydrogen) atoms. The van der Waals surface area contributed by atoms with Crippen molar-refractivity contribution in [1.82, 2.24) is 4.98 Å². The fraction of sp³-hybridized carbons (Fsp3) is 0.348. The van der Waals surface area contributed by atoms with Crippen molar-refractivity contribution in [3.05, 3.63) is 57.9 Å². The van der Waals surface area contributed by atoms with E-state index in [0.717, 1.165) is 57.5 Å². The second-order valence-corrected chi connectivity index (χ2v) is 7.20. The van der Waals surface area contributed by atoms with E-state index in [1.54, 1.807) is 13.2 Å². The summed E-state index contributed by atoms with van der Waals surface area (Å²) in [5, 5.41) is 1.09. The number of aryl methyl sites for hydroxylation is 1. The summed E-state index contributed by atoms with van der Waals surface area (Å²) in [5.41, 5.74) is 5.06. The first kappa shape index (κ1) is 17.7. The Hall–Kier alpha value is -2.75. The lowest BCUT2D eigenvalue weighted by atomic mass is 9.86. The topological polar surface area (TPSA) is 51.3 Å². The number of nitrogens with one attached hydrogen (secondary N) is 1. The van der Waals surface area contributed by atoms with Crippen LogP contribution in [0.1, 0.15) is 49.8 Å². The van der Waals surface area contributed by atoms with Crippen molar-refractivity contribution in [2.45, 2.75) is 45.6 Å². The summed E-state index contributed by atoms with van der Waals surface area (Å²) in [7, 11) is 1.69. The molecule has 4 rings (SSSR count). The summed E-state index contributed by atoms with van der Waals surface area (Å²) in [6.07, 6.45) is 4.39. The van der Waals surface area contributed by atoms with Crippen LogP contribution in [-0.4, -0.2) is 12.1 Å². The molecule has 0 aliphatic carbocycles. The minimum atomic E-state index is -0.0720. The van der Waals surface area contributed by atoms with Gasteiger partial charge in [0.05, 0.1) is 12.7 Å². The summed E-state index contributed by atoms with van der Waals surface area (Å²) >= 11 is 0. The molecule has 4 heteroatoms. The summed E-state index contributed by atoms with van der Waals surface area (Å²) in [5.74, 6) is 1.67. The second kappa shape index (κ2) is 7.10. The molecule has 2 aromatic carbocycles. The van der Waals surface area contributed by atoms with Crippen LogP contribution in [0.2, 0.25) is 0 Å². The Balaban J connectivity index is 2.00. The lowest BCUT2D eigenvalue weighted by molar-refractivity contribution is 0.188. The average Bonchev–Trinajstić information content (AvgIpc) is 2.66. The van der Waals surface area contributed by atoms with E-state index < -0.39 is 0 Å². The molecule has 0 amide bonds. The maximum Gasteiger partial charge on any atom is 0.248 e. The highest BCUT2D eigenvalue weighted by Gasteiger charge is 2.30. The summed E-state index contributed by atoms with van der Waals surface area (Å²) < 4.78 is 12.1. The maximum absolute atomic E-state index is 12.0. The van der Waals surface area contributed by atoms with E-state index >= 15 is 0 Å². The van der Waals surface area contributed by atoms with E-state index in [-0.39, 0.29) is 11.7 Å². The number of pyridine rings is 1. The third-order valence-corrected chi connectivity index (χ3v) is 5.38. The third-order valence-electron chi connectivity index (χ3n) is 5.38. The number of H-pyrrole nitrogens is 1. The molecule has 0 radical (unpaired) electrons. The van der Waals surface area contributed by atoms with Crippen LogP contribution in [0.3, 0.4) is 0 Å². The van der Waals surface area contributed by atoms with Gasteiger partial charge in [0.15, 0.2) is 0 Å². The first-order chi connectivity index (χ1) is 13.1. The lowest BCUT2D eigenvalue weighted by Gasteiger charge is -2.31. The molecule has 0 bridgehead atoms. The van der Waals surface area contributed by atoms with Crippen LogP contribution in [-0.2, 0) is 0 Å². The predicted octanol–water partition coefficient (Wildman–Crippen LogP) is 5.53. The molecule has 1 atom stereocenters. The minimum absolute atomic E-state index is 0.0283. The van der Waals surface area contributed by atoms with E-state index in [2.05, 4.69) is 18.0 Å². The van der Waals surface area contributed by atoms with Crippen LogP contribution in [0.5, 0.6) is 11.5 Å². The van der Waals surface area contributed by atoms with Gasteiger partial charge in [-0.15, -0.1) is 0 Å². The van der Waals surface area contributed by atoms with Gasteiger partial charge in [-0.2, -0.15) is 0 Å². The molecule has 0 saturated heterocycles. The third kappa shape index (κ3) is 2.99. The summed E-state index contributed by atoms with van der Waals surface area (Å²) in [6, 6.07) is 11.7. The summed E-state index contributed by atoms with van der Waals surface area (Å²) in [6.45, 7) is 4.21. The van der Waals surface area contributed by atoms with E-state index in [0.29, 0.717) is 0 Å². The van der Waals surface area contributed by atoms with Crippen molar-refractivity contribution >= 4 is 10.9 Å². The highest BCUT2D eigenvalue weighted by Crippen LogP contribution is 2.50. The zero-order chi connectivity index (χ0) is 19.0. The molecule has 0 fully saturated rings. The highest BCUT2D eigenvalue weighted by atomic mass is 16.5. The maximum atomic E-state index is 12.0. The van der Waals surface area contributed by atoms with Crippen LogP contribution >= 0.6 is 0 Å². The van der Waals surface area contributed by atoms with Crippen molar-refractivity contribution in [2.75, 3.05) is 7.11 Å². The second-order valence-electron chi connectivity index (χ2n) is 7.20. The van der Waals surface area contributed by atoms with E-state index in [4.69, 9.17) is 9.47 Å². The Kier molecular flexibility index (Phi) is 4.65. The molecule has 0 saturated carbocycles. The molecule has 1 unspecified atom stereocenters. The van der Waals surface area contributed by atoms with E-state index in [1.807, 2.05) is 31.2 Å². The van der Waals surface area contributed by atoms with Gasteiger partial charge in [-0.3, -0.25) is 4.79 Å². The fourth-order valence-corrected chi connectivity index (χ4v) is 4.18. The Morgan fingerprint density at radius 2 is 2.04 bits per heavy atom. The Labute approximate surface area is 159 Å². The smallest absolute Gasteiger partial charge is 0.248 e. The first-order valence-electron chi connectivity index (χ1n) is 9.64. The number of hydrogen-bond acceptors (Lipinski definition) is 3. The average molecular weight is 363 g/mol. The Morgan fingerprint density at radius 3 is 2.81 bits per heavy atom. The number of benzene rings is 2. The van der Waals surface area contributed by atoms with Gasteiger partial charge in [-0.05, 0) is 49.1 Å². The van der Waals surface area contributed by atoms with Gasteiger partial charge < -0.3 is 14.5 Å². The van der Waals surface area contributed by atoms with Gasteiger partial charge in [-0.1, -0.05) is 31.9 Å². The molecule has 4 nitrogen and oxygen atoms in total. The molecule has 1 aliphatic heterocycles. The Morgan fingerprint density at radius 1 is 1.19 bits per heavy atom. The quantitative estimate of drug-likeness (QED) is 0.607. The normalized spacial score (nSPS) is 15.1. The number of aromatic amines is 1. The van der Waals surface area contributed by atoms with Crippen molar-refractivity contribution in [2.24, 2.45) is 0 Å². The lowest BCUT2D eigenvalue weighted by Crippen LogP contribution is -2.17. The number of fused-ring (bicyclic) bond motifs is 5. The van der Waals surface area contributed by atoms with Crippen LogP contribution in [0.15, 0.2) is 41.2 Å². The zero-order valence-corrected chi connectivity index (χ0v) is 16.1. The zero-order valence-electron chi connectivity index (χ0n) is 16.1. The first-order valence-corrected chi connectivity index (χ1v) is 9.64. The van der Waals surface area contributed by atoms with Gasteiger partial charge >= 0.3 is 0 Å². The monoisotopic (exact) mass is 363 g/mol. The standard InChI is InChI=1S/C23H25NO3/c1-4-5-6-8-19-23-15(22-17(26-3)9-7-10-18(22)27-19)11-12-16-21(23)14(2)13-20(25)24-16/h7,9-13,19H,4-6,8H2,1-3H3,(H,24,25). The number of aromatic nitrogens is 1. The van der Waals surface area contributed by atoms with Crippen molar-refractivity contribution < 1.29 is 9.47 Å². The van der Waals surface area contributed by atoms with Crippen LogP contribution < -0.4 is 15.0 Å². The molecule has 0 spiro atoms. The van der Waals surface area contributed by atoms with Crippen molar-refractivity contribution in [3.63, 3.8) is 0 Å². The van der Waals surface area contributed by atoms with Gasteiger partial charge in [0.25, 0.3) is 0 Å². The molecule has 140 valence electrons. The van der Waals surface area contributed by atoms with Gasteiger partial charge in [0.2, 0.25) is 5.56 Å². The largest absolute Gasteiger partial charge is 0.496 e. The van der Waals surface area contributed by atoms with Gasteiger partial charge in [0.1, 0.15) is 17.6 Å². The number of methoxy groups -OCH3 is 1. The Bertz CT molecular complexity index is 1050. The fourth-order valence-electron chi connectivity index (χ4n) is 4.18. The SMILES string of the molecule is CCCCCC1Oc2cccc(OC)c2-c2ccc3[nH]c(=O)cc(C)c3c21. The number of ether oxygens (including phenoxy) is 2. The predicted molar refractivity (Wildman–Crippen MR) is 109 cm³/mol. The van der Waals surface area contributed by atoms with E-state index in [9.17, 15) is 4.79 Å². The van der Waals surface area contributed by atoms with Crippen LogP contribution in [0.25, 0.3) is 22.0 Å². The molecular weight excluding hydrogens is 338 g/mol. The number of hydrogen-bond donors (Lipinski definition) is 1. The molecule has 3 aromatic rings. The molecule has 1 aromatic heterocycles. The number of rotatable bonds is 5. The highest BCUT2D eigenvalue weighted by molar-refractivity contribution is 5.95. The molecular formula is C23H25NO3. The van der Waals surface area contributed by atoms with Crippen LogP contribution in [0, 0.1) is 6.92 Å². The molecule has 1 N–H and O–H groups in total. The number of unbranched alkanes of at least 4 members (excludes halogenated alkanes) is 2. The van der Waals surface area contributed by atoms with E-state index in [1.165, 1.54) is 12.8 Å². The van der Waals surface area contributed by atoms with Gasteiger partial charge in [-0.25, -0.2) is 0 Å². The molecule has 2 heterocycles. The molecule has 1 aliphatic rings. The summed E-state index contributed by atoms with van der Waals surface area (Å²) in [4.78, 5) is 14.9.